The lowest BCUT2D eigenvalue weighted by Crippen LogP contribution is -1.89. The molecule has 0 aliphatic heterocycles. The van der Waals surface area contributed by atoms with Crippen LogP contribution in [0.4, 0.5) is 0 Å². The summed E-state index contributed by atoms with van der Waals surface area (Å²) in [6.45, 7) is 0. The predicted octanol–water partition coefficient (Wildman–Crippen LogP) is 3.02. The smallest absolute Gasteiger partial charge is 0.214 e. The molecule has 3 aromatic heterocycles. The quantitative estimate of drug-likeness (QED) is 0.699. The molecule has 0 amide bonds. The van der Waals surface area contributed by atoms with E-state index >= 15 is 0 Å². The Morgan fingerprint density at radius 1 is 1.25 bits per heavy atom. The minimum absolute atomic E-state index is 0.530. The van der Waals surface area contributed by atoms with Crippen molar-refractivity contribution in [2.45, 2.75) is 0 Å². The van der Waals surface area contributed by atoms with Gasteiger partial charge in [-0.05, 0) is 18.1 Å². The van der Waals surface area contributed by atoms with Crippen molar-refractivity contribution in [3.8, 4) is 17.7 Å². The third-order valence-electron chi connectivity index (χ3n) is 2.78. The molecule has 3 rings (SSSR count). The van der Waals surface area contributed by atoms with E-state index in [0.717, 1.165) is 11.0 Å². The monoisotopic (exact) mass is 283 g/mol. The third kappa shape index (κ3) is 2.31. The number of methoxy groups -OCH3 is 1. The lowest BCUT2D eigenvalue weighted by Gasteiger charge is -1.98. The van der Waals surface area contributed by atoms with Crippen LogP contribution in [0, 0.1) is 11.8 Å². The van der Waals surface area contributed by atoms with Crippen LogP contribution in [0.2, 0.25) is 5.02 Å². The Labute approximate surface area is 120 Å². The Hall–Kier alpha value is -2.51. The van der Waals surface area contributed by atoms with Crippen LogP contribution in [0.5, 0.6) is 5.88 Å². The molecule has 0 saturated carbocycles. The molecule has 0 aromatic carbocycles. The second-order valence-corrected chi connectivity index (χ2v) is 4.42. The fraction of sp³-hybridized carbons (Fsp3) is 0.0667. The molecule has 3 heterocycles. The van der Waals surface area contributed by atoms with E-state index in [2.05, 4.69) is 26.8 Å². The highest BCUT2D eigenvalue weighted by molar-refractivity contribution is 6.36. The molecule has 20 heavy (non-hydrogen) atoms. The number of H-pyrrole nitrogens is 1. The van der Waals surface area contributed by atoms with Gasteiger partial charge in [-0.3, -0.25) is 0 Å². The molecule has 0 unspecified atom stereocenters. The van der Waals surface area contributed by atoms with Gasteiger partial charge in [-0.2, -0.15) is 0 Å². The Kier molecular flexibility index (Phi) is 3.28. The number of halogens is 1. The van der Waals surface area contributed by atoms with E-state index in [0.29, 0.717) is 22.2 Å². The lowest BCUT2D eigenvalue weighted by molar-refractivity contribution is 0.397. The fourth-order valence-corrected chi connectivity index (χ4v) is 2.04. The summed E-state index contributed by atoms with van der Waals surface area (Å²) in [6, 6.07) is 7.29. The maximum atomic E-state index is 6.30. The van der Waals surface area contributed by atoms with Crippen LogP contribution in [0.1, 0.15) is 11.3 Å². The molecule has 0 aliphatic rings. The normalized spacial score (nSPS) is 10.1. The van der Waals surface area contributed by atoms with Crippen LogP contribution in [0.15, 0.2) is 36.7 Å². The zero-order valence-corrected chi connectivity index (χ0v) is 11.4. The number of rotatable bonds is 1. The van der Waals surface area contributed by atoms with Crippen LogP contribution in [0.3, 0.4) is 0 Å². The molecular formula is C15H10ClN3O. The number of fused-ring (bicyclic) bond motifs is 1. The third-order valence-corrected chi connectivity index (χ3v) is 3.19. The van der Waals surface area contributed by atoms with Gasteiger partial charge < -0.3 is 9.72 Å². The topological polar surface area (TPSA) is 50.8 Å². The molecule has 1 N–H and O–H groups in total. The van der Waals surface area contributed by atoms with Crippen molar-refractivity contribution < 1.29 is 4.74 Å². The molecule has 0 radical (unpaired) electrons. The SMILES string of the molecule is COc1cccc(C#Cc2cnc3[nH]ccc3c2Cl)n1. The average Bonchev–Trinajstić information content (AvgIpc) is 2.96. The summed E-state index contributed by atoms with van der Waals surface area (Å²) in [5.74, 6) is 6.47. The first-order valence-corrected chi connectivity index (χ1v) is 6.30. The zero-order valence-electron chi connectivity index (χ0n) is 10.6. The molecule has 3 aromatic rings. The highest BCUT2D eigenvalue weighted by Gasteiger charge is 2.05. The molecule has 4 nitrogen and oxygen atoms in total. The summed E-state index contributed by atoms with van der Waals surface area (Å²) in [5, 5.41) is 1.45. The van der Waals surface area contributed by atoms with Crippen molar-refractivity contribution >= 4 is 22.6 Å². The highest BCUT2D eigenvalue weighted by atomic mass is 35.5. The van der Waals surface area contributed by atoms with E-state index in [9.17, 15) is 0 Å². The molecule has 0 fully saturated rings. The Balaban J connectivity index is 2.00. The van der Waals surface area contributed by atoms with Crippen molar-refractivity contribution in [3.63, 3.8) is 0 Å². The van der Waals surface area contributed by atoms with Gasteiger partial charge in [0.2, 0.25) is 5.88 Å². The van der Waals surface area contributed by atoms with Crippen LogP contribution >= 0.6 is 11.6 Å². The van der Waals surface area contributed by atoms with Gasteiger partial charge in [0.15, 0.2) is 0 Å². The van der Waals surface area contributed by atoms with Crippen LogP contribution < -0.4 is 4.74 Å². The summed E-state index contributed by atoms with van der Waals surface area (Å²) in [4.78, 5) is 11.5. The summed E-state index contributed by atoms with van der Waals surface area (Å²) in [7, 11) is 1.57. The second-order valence-electron chi connectivity index (χ2n) is 4.04. The Morgan fingerprint density at radius 2 is 2.15 bits per heavy atom. The first-order valence-electron chi connectivity index (χ1n) is 5.92. The highest BCUT2D eigenvalue weighted by Crippen LogP contribution is 2.24. The molecule has 5 heteroatoms. The minimum atomic E-state index is 0.530. The van der Waals surface area contributed by atoms with Gasteiger partial charge in [-0.15, -0.1) is 0 Å². The largest absolute Gasteiger partial charge is 0.481 e. The first kappa shape index (κ1) is 12.5. The number of pyridine rings is 2. The Morgan fingerprint density at radius 3 is 3.00 bits per heavy atom. The van der Waals surface area contributed by atoms with E-state index in [4.69, 9.17) is 16.3 Å². The summed E-state index contributed by atoms with van der Waals surface area (Å²) in [5.41, 5.74) is 2.04. The van der Waals surface area contributed by atoms with Crippen molar-refractivity contribution in [2.24, 2.45) is 0 Å². The second kappa shape index (κ2) is 5.24. The standard InChI is InChI=1S/C15H10ClN3O/c1-20-13-4-2-3-11(19-13)6-5-10-9-18-15-12(14(10)16)7-8-17-15/h2-4,7-9H,1H3,(H,17,18). The predicted molar refractivity (Wildman–Crippen MR) is 77.9 cm³/mol. The van der Waals surface area contributed by atoms with E-state index in [1.807, 2.05) is 18.2 Å². The molecule has 0 saturated heterocycles. The fourth-order valence-electron chi connectivity index (χ4n) is 1.79. The zero-order chi connectivity index (χ0) is 13.9. The maximum Gasteiger partial charge on any atom is 0.214 e. The van der Waals surface area contributed by atoms with Crippen molar-refractivity contribution in [3.05, 3.63) is 52.9 Å². The van der Waals surface area contributed by atoms with E-state index in [1.165, 1.54) is 0 Å². The molecule has 0 spiro atoms. The number of nitrogens with one attached hydrogen (secondary N) is 1. The van der Waals surface area contributed by atoms with Gasteiger partial charge in [0, 0.05) is 23.8 Å². The van der Waals surface area contributed by atoms with Gasteiger partial charge >= 0.3 is 0 Å². The van der Waals surface area contributed by atoms with Crippen LogP contribution in [0.25, 0.3) is 11.0 Å². The Bertz CT molecular complexity index is 830. The molecular weight excluding hydrogens is 274 g/mol. The van der Waals surface area contributed by atoms with Crippen LogP contribution in [-0.4, -0.2) is 22.1 Å². The van der Waals surface area contributed by atoms with Crippen molar-refractivity contribution in [2.75, 3.05) is 7.11 Å². The maximum absolute atomic E-state index is 6.30. The van der Waals surface area contributed by atoms with Gasteiger partial charge in [0.1, 0.15) is 11.3 Å². The van der Waals surface area contributed by atoms with Crippen LogP contribution in [-0.2, 0) is 0 Å². The number of aromatic amines is 1. The molecule has 0 aliphatic carbocycles. The summed E-state index contributed by atoms with van der Waals surface area (Å²) < 4.78 is 5.06. The average molecular weight is 284 g/mol. The summed E-state index contributed by atoms with van der Waals surface area (Å²) >= 11 is 6.30. The molecule has 0 bridgehead atoms. The van der Waals surface area contributed by atoms with E-state index in [1.54, 1.807) is 25.6 Å². The first-order chi connectivity index (χ1) is 9.78. The van der Waals surface area contributed by atoms with Gasteiger partial charge in [0.05, 0.1) is 17.7 Å². The van der Waals surface area contributed by atoms with Crippen molar-refractivity contribution in [1.82, 2.24) is 15.0 Å². The van der Waals surface area contributed by atoms with E-state index in [-0.39, 0.29) is 0 Å². The van der Waals surface area contributed by atoms with Gasteiger partial charge in [-0.1, -0.05) is 23.6 Å². The minimum Gasteiger partial charge on any atom is -0.481 e. The molecule has 98 valence electrons. The van der Waals surface area contributed by atoms with E-state index < -0.39 is 0 Å². The lowest BCUT2D eigenvalue weighted by atomic mass is 10.2. The molecule has 0 atom stereocenters. The number of hydrogen-bond acceptors (Lipinski definition) is 3. The van der Waals surface area contributed by atoms with Crippen molar-refractivity contribution in [1.29, 1.82) is 0 Å². The number of aromatic nitrogens is 3. The number of nitrogens with zero attached hydrogens (tertiary/aromatic N) is 2. The summed E-state index contributed by atoms with van der Waals surface area (Å²) in [6.07, 6.45) is 3.44. The number of ether oxygens (including phenoxy) is 1. The van der Waals surface area contributed by atoms with Gasteiger partial charge in [0.25, 0.3) is 0 Å². The van der Waals surface area contributed by atoms with Gasteiger partial charge in [-0.25, -0.2) is 9.97 Å². The number of hydrogen-bond donors (Lipinski definition) is 1.